The first-order valence-electron chi connectivity index (χ1n) is 10.2. The molecule has 0 spiro atoms. The molecule has 0 aliphatic rings. The standard InChI is InChI=1S/C24H25N3O4S/c1-24(2,3)22(28)31-15-27-21-8-6-5-7-19(21)26-23(27)32(29)14-20-18-10-9-17(30-4)13-16(18)11-12-25-20/h5-13H,14-15H2,1-4H3. The molecule has 0 saturated heterocycles. The van der Waals surface area contributed by atoms with E-state index in [0.29, 0.717) is 16.4 Å². The third kappa shape index (κ3) is 4.42. The third-order valence-electron chi connectivity index (χ3n) is 5.08. The fraction of sp³-hybridized carbons (Fsp3) is 0.292. The van der Waals surface area contributed by atoms with Crippen molar-refractivity contribution >= 4 is 39.0 Å². The lowest BCUT2D eigenvalue weighted by Crippen LogP contribution is -2.25. The van der Waals surface area contributed by atoms with E-state index in [4.69, 9.17) is 9.47 Å². The lowest BCUT2D eigenvalue weighted by Gasteiger charge is -2.18. The second kappa shape index (κ2) is 8.80. The van der Waals surface area contributed by atoms with Gasteiger partial charge in [0.1, 0.15) is 5.75 Å². The minimum atomic E-state index is -1.51. The molecule has 0 aliphatic heterocycles. The molecule has 0 bridgehead atoms. The number of esters is 1. The minimum absolute atomic E-state index is 0.0577. The van der Waals surface area contributed by atoms with Gasteiger partial charge < -0.3 is 14.0 Å². The molecule has 0 aliphatic carbocycles. The van der Waals surface area contributed by atoms with Gasteiger partial charge in [-0.25, -0.2) is 4.57 Å². The van der Waals surface area contributed by atoms with Crippen molar-refractivity contribution in [3.63, 3.8) is 0 Å². The lowest BCUT2D eigenvalue weighted by molar-refractivity contribution is -0.157. The third-order valence-corrected chi connectivity index (χ3v) is 6.34. The number of pyridine rings is 1. The van der Waals surface area contributed by atoms with Gasteiger partial charge in [0.2, 0.25) is 0 Å². The summed E-state index contributed by atoms with van der Waals surface area (Å²) in [6, 6.07) is 15.1. The average Bonchev–Trinajstić information content (AvgIpc) is 3.15. The number of carbonyl (C=O) groups excluding carboxylic acids is 1. The van der Waals surface area contributed by atoms with Crippen LogP contribution in [0.2, 0.25) is 0 Å². The molecule has 0 saturated carbocycles. The monoisotopic (exact) mass is 451 g/mol. The van der Waals surface area contributed by atoms with Crippen LogP contribution in [0.3, 0.4) is 0 Å². The zero-order valence-electron chi connectivity index (χ0n) is 18.5. The fourth-order valence-corrected chi connectivity index (χ4v) is 4.55. The predicted octanol–water partition coefficient (Wildman–Crippen LogP) is 4.45. The first kappa shape index (κ1) is 22.1. The zero-order chi connectivity index (χ0) is 22.9. The quantitative estimate of drug-likeness (QED) is 0.318. The number of ether oxygens (including phenoxy) is 2. The summed E-state index contributed by atoms with van der Waals surface area (Å²) in [6.45, 7) is 5.32. The number of aromatic nitrogens is 3. The number of hydrogen-bond acceptors (Lipinski definition) is 6. The summed E-state index contributed by atoms with van der Waals surface area (Å²) in [5.74, 6) is 0.593. The van der Waals surface area contributed by atoms with Gasteiger partial charge >= 0.3 is 11.1 Å². The highest BCUT2D eigenvalue weighted by Crippen LogP contribution is 2.27. The number of carbonyl (C=O) groups is 1. The lowest BCUT2D eigenvalue weighted by atomic mass is 9.98. The summed E-state index contributed by atoms with van der Waals surface area (Å²) < 4.78 is 25.9. The molecule has 2 heterocycles. The van der Waals surface area contributed by atoms with Crippen molar-refractivity contribution in [1.82, 2.24) is 14.5 Å². The molecule has 32 heavy (non-hydrogen) atoms. The van der Waals surface area contributed by atoms with Crippen molar-refractivity contribution in [2.45, 2.75) is 38.4 Å². The maximum atomic E-state index is 13.4. The van der Waals surface area contributed by atoms with Crippen LogP contribution in [0.15, 0.2) is 59.9 Å². The van der Waals surface area contributed by atoms with Gasteiger partial charge in [-0.2, -0.15) is 4.98 Å². The van der Waals surface area contributed by atoms with Crippen LogP contribution in [0.5, 0.6) is 5.75 Å². The summed E-state index contributed by atoms with van der Waals surface area (Å²) in [4.78, 5) is 21.4. The minimum Gasteiger partial charge on any atom is -0.609 e. The Hall–Kier alpha value is -3.10. The zero-order valence-corrected chi connectivity index (χ0v) is 19.3. The summed E-state index contributed by atoms with van der Waals surface area (Å²) in [5.41, 5.74) is 1.52. The number of methoxy groups -OCH3 is 1. The van der Waals surface area contributed by atoms with Crippen molar-refractivity contribution < 1.29 is 18.8 Å². The van der Waals surface area contributed by atoms with Gasteiger partial charge in [-0.1, -0.05) is 12.1 Å². The molecule has 0 amide bonds. The van der Waals surface area contributed by atoms with Gasteiger partial charge in [0, 0.05) is 22.8 Å². The van der Waals surface area contributed by atoms with Gasteiger partial charge in [0.05, 0.1) is 29.3 Å². The molecule has 4 aromatic rings. The molecular weight excluding hydrogens is 426 g/mol. The van der Waals surface area contributed by atoms with Crippen LogP contribution in [-0.4, -0.2) is 32.2 Å². The normalized spacial score (nSPS) is 12.8. The van der Waals surface area contributed by atoms with Crippen molar-refractivity contribution in [3.05, 3.63) is 60.4 Å². The number of imidazole rings is 1. The van der Waals surface area contributed by atoms with E-state index in [9.17, 15) is 9.35 Å². The summed E-state index contributed by atoms with van der Waals surface area (Å²) in [5, 5.41) is 2.21. The molecule has 8 heteroatoms. The van der Waals surface area contributed by atoms with E-state index < -0.39 is 16.6 Å². The number of benzene rings is 2. The number of hydrogen-bond donors (Lipinski definition) is 0. The topological polar surface area (TPSA) is 89.3 Å². The second-order valence-corrected chi connectivity index (χ2v) is 9.80. The molecule has 0 N–H and O–H groups in total. The Morgan fingerprint density at radius 1 is 1.16 bits per heavy atom. The van der Waals surface area contributed by atoms with Gasteiger partial charge in [-0.3, -0.25) is 9.78 Å². The van der Waals surface area contributed by atoms with Crippen LogP contribution in [0, 0.1) is 5.41 Å². The Labute approximate surface area is 189 Å². The predicted molar refractivity (Wildman–Crippen MR) is 124 cm³/mol. The Kier molecular flexibility index (Phi) is 6.08. The number of nitrogens with zero attached hydrogens (tertiary/aromatic N) is 3. The van der Waals surface area contributed by atoms with Crippen molar-refractivity contribution in [2.75, 3.05) is 7.11 Å². The van der Waals surface area contributed by atoms with E-state index in [1.54, 1.807) is 38.6 Å². The molecule has 2 aromatic heterocycles. The van der Waals surface area contributed by atoms with Gasteiger partial charge in [0.15, 0.2) is 12.5 Å². The Balaban J connectivity index is 1.67. The molecule has 7 nitrogen and oxygen atoms in total. The molecule has 166 valence electrons. The van der Waals surface area contributed by atoms with Gasteiger partial charge in [-0.15, -0.1) is 0 Å². The molecule has 0 fully saturated rings. The van der Waals surface area contributed by atoms with Crippen LogP contribution >= 0.6 is 0 Å². The first-order valence-corrected chi connectivity index (χ1v) is 11.5. The van der Waals surface area contributed by atoms with Crippen molar-refractivity contribution in [3.8, 4) is 5.75 Å². The first-order chi connectivity index (χ1) is 15.3. The van der Waals surface area contributed by atoms with Gasteiger partial charge in [0.25, 0.3) is 0 Å². The maximum absolute atomic E-state index is 13.4. The number of rotatable bonds is 6. The summed E-state index contributed by atoms with van der Waals surface area (Å²) in [6.07, 6.45) is 1.70. The van der Waals surface area contributed by atoms with Crippen molar-refractivity contribution in [2.24, 2.45) is 5.41 Å². The SMILES string of the molecule is COc1ccc2c(C[S+]([O-])c3nc4ccccc4n3COC(=O)C(C)(C)C)nccc2c1. The number of para-hydroxylation sites is 2. The Morgan fingerprint density at radius 2 is 1.94 bits per heavy atom. The van der Waals surface area contributed by atoms with Crippen LogP contribution in [0.25, 0.3) is 21.8 Å². The van der Waals surface area contributed by atoms with E-state index in [1.807, 2.05) is 48.5 Å². The molecule has 2 aromatic carbocycles. The molecule has 4 rings (SSSR count). The average molecular weight is 452 g/mol. The van der Waals surface area contributed by atoms with Crippen LogP contribution < -0.4 is 4.74 Å². The molecule has 1 unspecified atom stereocenters. The summed E-state index contributed by atoms with van der Waals surface area (Å²) >= 11 is -1.51. The highest BCUT2D eigenvalue weighted by Gasteiger charge is 2.27. The van der Waals surface area contributed by atoms with Crippen LogP contribution in [0.1, 0.15) is 26.5 Å². The highest BCUT2D eigenvalue weighted by atomic mass is 32.2. The van der Waals surface area contributed by atoms with E-state index >= 15 is 0 Å². The largest absolute Gasteiger partial charge is 0.609 e. The highest BCUT2D eigenvalue weighted by molar-refractivity contribution is 7.90. The van der Waals surface area contributed by atoms with E-state index in [2.05, 4.69) is 9.97 Å². The molecular formula is C24H25N3O4S. The number of fused-ring (bicyclic) bond motifs is 2. The summed E-state index contributed by atoms with van der Waals surface area (Å²) in [7, 11) is 1.62. The Bertz CT molecular complexity index is 1280. The second-order valence-electron chi connectivity index (χ2n) is 8.46. The maximum Gasteiger partial charge on any atom is 0.327 e. The molecule has 1 atom stereocenters. The smallest absolute Gasteiger partial charge is 0.327 e. The fourth-order valence-electron chi connectivity index (χ4n) is 3.34. The Morgan fingerprint density at radius 3 is 2.69 bits per heavy atom. The molecule has 0 radical (unpaired) electrons. The van der Waals surface area contributed by atoms with Gasteiger partial charge in [-0.05, 0) is 62.6 Å². The van der Waals surface area contributed by atoms with Crippen LogP contribution in [0.4, 0.5) is 0 Å². The van der Waals surface area contributed by atoms with Crippen molar-refractivity contribution in [1.29, 1.82) is 0 Å². The van der Waals surface area contributed by atoms with E-state index in [0.717, 1.165) is 22.0 Å². The van der Waals surface area contributed by atoms with E-state index in [-0.39, 0.29) is 18.5 Å². The van der Waals surface area contributed by atoms with Crippen LogP contribution in [-0.2, 0) is 33.2 Å². The van der Waals surface area contributed by atoms with E-state index in [1.165, 1.54) is 0 Å².